The number of benzene rings is 3. The minimum Gasteiger partial charge on any atom is -0.493 e. The quantitative estimate of drug-likeness (QED) is 0.259. The van der Waals surface area contributed by atoms with Crippen molar-refractivity contribution < 1.29 is 19.1 Å². The van der Waals surface area contributed by atoms with Crippen LogP contribution in [-0.4, -0.2) is 36.8 Å². The lowest BCUT2D eigenvalue weighted by Gasteiger charge is -2.08. The molecule has 3 aromatic carbocycles. The number of aromatic nitrogens is 1. The monoisotopic (exact) mass is 519 g/mol. The summed E-state index contributed by atoms with van der Waals surface area (Å²) in [5.74, 6) is 1.12. The molecule has 2 amide bonds. The number of nitrogens with zero attached hydrogens (tertiary/aromatic N) is 1. The summed E-state index contributed by atoms with van der Waals surface area (Å²) in [5, 5.41) is 8.16. The van der Waals surface area contributed by atoms with Crippen molar-refractivity contribution in [3.63, 3.8) is 0 Å². The molecule has 0 atom stereocenters. The molecular weight excluding hydrogens is 494 g/mol. The molecule has 7 nitrogen and oxygen atoms in total. The van der Waals surface area contributed by atoms with Crippen LogP contribution in [0.25, 0.3) is 11.3 Å². The van der Waals surface area contributed by atoms with Gasteiger partial charge in [0.25, 0.3) is 5.91 Å². The van der Waals surface area contributed by atoms with Gasteiger partial charge in [0, 0.05) is 27.1 Å². The normalized spacial score (nSPS) is 10.5. The molecule has 1 heterocycles. The molecule has 0 saturated carbocycles. The number of thiazole rings is 1. The minimum atomic E-state index is -0.173. The molecule has 0 spiro atoms. The van der Waals surface area contributed by atoms with Crippen molar-refractivity contribution in [1.29, 1.82) is 0 Å². The molecule has 9 heteroatoms. The highest BCUT2D eigenvalue weighted by atomic mass is 32.2. The van der Waals surface area contributed by atoms with Gasteiger partial charge in [-0.15, -0.1) is 23.1 Å². The van der Waals surface area contributed by atoms with E-state index in [2.05, 4.69) is 15.6 Å². The SMILES string of the molecule is COc1ccc(-c2csc(NC(=O)CSc3cccc(NC(=O)c4cccc(C)c4)c3)n2)cc1OC. The van der Waals surface area contributed by atoms with Crippen LogP contribution in [0, 0.1) is 6.92 Å². The Kier molecular flexibility index (Phi) is 8.24. The molecular formula is C27H25N3O4S2. The lowest BCUT2D eigenvalue weighted by molar-refractivity contribution is -0.113. The van der Waals surface area contributed by atoms with E-state index in [4.69, 9.17) is 9.47 Å². The fourth-order valence-corrected chi connectivity index (χ4v) is 4.91. The Morgan fingerprint density at radius 2 is 1.75 bits per heavy atom. The average molecular weight is 520 g/mol. The van der Waals surface area contributed by atoms with Gasteiger partial charge in [-0.2, -0.15) is 0 Å². The first-order valence-corrected chi connectivity index (χ1v) is 12.9. The number of amides is 2. The van der Waals surface area contributed by atoms with Crippen LogP contribution in [0.4, 0.5) is 10.8 Å². The molecule has 4 aromatic rings. The van der Waals surface area contributed by atoms with E-state index >= 15 is 0 Å². The van der Waals surface area contributed by atoms with Gasteiger partial charge in [0.05, 0.1) is 25.7 Å². The third kappa shape index (κ3) is 6.44. The summed E-state index contributed by atoms with van der Waals surface area (Å²) in [6, 6.07) is 20.4. The van der Waals surface area contributed by atoms with E-state index in [1.807, 2.05) is 73.0 Å². The first-order valence-electron chi connectivity index (χ1n) is 11.0. The Hall–Kier alpha value is -3.82. The summed E-state index contributed by atoms with van der Waals surface area (Å²) in [6.45, 7) is 1.95. The Morgan fingerprint density at radius 1 is 0.944 bits per heavy atom. The van der Waals surface area contributed by atoms with Gasteiger partial charge in [-0.3, -0.25) is 9.59 Å². The van der Waals surface area contributed by atoms with Crippen molar-refractivity contribution >= 4 is 45.7 Å². The molecule has 0 bridgehead atoms. The molecule has 4 rings (SSSR count). The van der Waals surface area contributed by atoms with Gasteiger partial charge in [-0.1, -0.05) is 23.8 Å². The number of methoxy groups -OCH3 is 2. The van der Waals surface area contributed by atoms with E-state index in [9.17, 15) is 9.59 Å². The van der Waals surface area contributed by atoms with Crippen molar-refractivity contribution in [2.24, 2.45) is 0 Å². The van der Waals surface area contributed by atoms with Crippen LogP contribution in [0.15, 0.2) is 77.0 Å². The van der Waals surface area contributed by atoms with E-state index in [1.165, 1.54) is 23.1 Å². The van der Waals surface area contributed by atoms with Gasteiger partial charge in [0.1, 0.15) is 0 Å². The predicted molar refractivity (Wildman–Crippen MR) is 146 cm³/mol. The molecule has 184 valence electrons. The smallest absolute Gasteiger partial charge is 0.255 e. The number of thioether (sulfide) groups is 1. The van der Waals surface area contributed by atoms with Crippen molar-refractivity contribution in [1.82, 2.24) is 4.98 Å². The second-order valence-corrected chi connectivity index (χ2v) is 9.70. The molecule has 1 aromatic heterocycles. The molecule has 0 aliphatic rings. The van der Waals surface area contributed by atoms with E-state index < -0.39 is 0 Å². The summed E-state index contributed by atoms with van der Waals surface area (Å²) in [7, 11) is 3.17. The number of anilines is 2. The standard InChI is InChI=1S/C27H25N3O4S2/c1-17-6-4-7-19(12-17)26(32)28-20-8-5-9-21(14-20)35-16-25(31)30-27-29-22(15-36-27)18-10-11-23(33-2)24(13-18)34-3/h4-15H,16H2,1-3H3,(H,28,32)(H,29,30,31). The third-order valence-corrected chi connectivity index (χ3v) is 6.92. The zero-order chi connectivity index (χ0) is 25.5. The van der Waals surface area contributed by atoms with Gasteiger partial charge in [0.15, 0.2) is 16.6 Å². The first-order chi connectivity index (χ1) is 17.4. The minimum absolute atomic E-state index is 0.164. The van der Waals surface area contributed by atoms with Crippen molar-refractivity contribution in [3.8, 4) is 22.8 Å². The Labute approximate surface area is 217 Å². The first kappa shape index (κ1) is 25.3. The molecule has 0 aliphatic heterocycles. The highest BCUT2D eigenvalue weighted by Crippen LogP contribution is 2.33. The summed E-state index contributed by atoms with van der Waals surface area (Å²) < 4.78 is 10.6. The Bertz CT molecular complexity index is 1390. The maximum absolute atomic E-state index is 12.5. The highest BCUT2D eigenvalue weighted by molar-refractivity contribution is 8.00. The van der Waals surface area contributed by atoms with Crippen LogP contribution >= 0.6 is 23.1 Å². The molecule has 0 unspecified atom stereocenters. The number of carbonyl (C=O) groups is 2. The lowest BCUT2D eigenvalue weighted by Crippen LogP contribution is -2.14. The summed E-state index contributed by atoms with van der Waals surface area (Å²) >= 11 is 2.74. The molecule has 0 radical (unpaired) electrons. The highest BCUT2D eigenvalue weighted by Gasteiger charge is 2.12. The van der Waals surface area contributed by atoms with E-state index in [-0.39, 0.29) is 17.6 Å². The van der Waals surface area contributed by atoms with Gasteiger partial charge < -0.3 is 20.1 Å². The fraction of sp³-hybridized carbons (Fsp3) is 0.148. The lowest BCUT2D eigenvalue weighted by atomic mass is 10.1. The van der Waals surface area contributed by atoms with Gasteiger partial charge in [-0.05, 0) is 55.5 Å². The second kappa shape index (κ2) is 11.7. The maximum atomic E-state index is 12.5. The van der Waals surface area contributed by atoms with Crippen LogP contribution < -0.4 is 20.1 Å². The number of hydrogen-bond donors (Lipinski definition) is 2. The number of hydrogen-bond acceptors (Lipinski definition) is 7. The van der Waals surface area contributed by atoms with E-state index in [0.717, 1.165) is 21.7 Å². The van der Waals surface area contributed by atoms with E-state index in [1.54, 1.807) is 20.3 Å². The molecule has 2 N–H and O–H groups in total. The van der Waals surface area contributed by atoms with E-state index in [0.29, 0.717) is 27.9 Å². The largest absolute Gasteiger partial charge is 0.493 e. The van der Waals surface area contributed by atoms with Crippen molar-refractivity contribution in [3.05, 3.63) is 83.2 Å². The van der Waals surface area contributed by atoms with Crippen molar-refractivity contribution in [2.45, 2.75) is 11.8 Å². The Morgan fingerprint density at radius 3 is 2.53 bits per heavy atom. The van der Waals surface area contributed by atoms with Gasteiger partial charge in [0.2, 0.25) is 5.91 Å². The summed E-state index contributed by atoms with van der Waals surface area (Å²) in [4.78, 5) is 30.4. The van der Waals surface area contributed by atoms with Crippen LogP contribution in [0.2, 0.25) is 0 Å². The second-order valence-electron chi connectivity index (χ2n) is 7.80. The molecule has 0 aliphatic carbocycles. The maximum Gasteiger partial charge on any atom is 0.255 e. The predicted octanol–water partition coefficient (Wildman–Crippen LogP) is 6.12. The number of rotatable bonds is 9. The average Bonchev–Trinajstić information content (AvgIpc) is 3.35. The number of aryl methyl sites for hydroxylation is 1. The molecule has 0 fully saturated rings. The van der Waals surface area contributed by atoms with Crippen LogP contribution in [-0.2, 0) is 4.79 Å². The number of carbonyl (C=O) groups excluding carboxylic acids is 2. The topological polar surface area (TPSA) is 89.6 Å². The number of nitrogens with one attached hydrogen (secondary N) is 2. The van der Waals surface area contributed by atoms with Crippen LogP contribution in [0.3, 0.4) is 0 Å². The van der Waals surface area contributed by atoms with Gasteiger partial charge in [-0.25, -0.2) is 4.98 Å². The van der Waals surface area contributed by atoms with Crippen LogP contribution in [0.5, 0.6) is 11.5 Å². The Balaban J connectivity index is 1.33. The summed E-state index contributed by atoms with van der Waals surface area (Å²) in [6.07, 6.45) is 0. The zero-order valence-corrected chi connectivity index (χ0v) is 21.7. The fourth-order valence-electron chi connectivity index (χ4n) is 3.42. The molecule has 36 heavy (non-hydrogen) atoms. The third-order valence-electron chi connectivity index (χ3n) is 5.17. The molecule has 0 saturated heterocycles. The van der Waals surface area contributed by atoms with Crippen LogP contribution in [0.1, 0.15) is 15.9 Å². The zero-order valence-electron chi connectivity index (χ0n) is 20.0. The number of ether oxygens (including phenoxy) is 2. The summed E-state index contributed by atoms with van der Waals surface area (Å²) in [5.41, 5.74) is 3.90. The van der Waals surface area contributed by atoms with Crippen molar-refractivity contribution in [2.75, 3.05) is 30.6 Å². The van der Waals surface area contributed by atoms with Gasteiger partial charge >= 0.3 is 0 Å².